The first kappa shape index (κ1) is 22.0. The van der Waals surface area contributed by atoms with Crippen LogP contribution in [0, 0.1) is 0 Å². The van der Waals surface area contributed by atoms with Crippen molar-refractivity contribution in [2.45, 2.75) is 38.0 Å². The Balaban J connectivity index is 1.85. The number of nitrogens with one attached hydrogen (secondary N) is 1. The van der Waals surface area contributed by atoms with Crippen LogP contribution in [0.25, 0.3) is 10.9 Å². The van der Waals surface area contributed by atoms with Crippen molar-refractivity contribution in [2.75, 3.05) is 0 Å². The number of carbonyl (C=O) groups excluding carboxylic acids is 2. The number of amides is 1. The number of carboxylic acid groups (broad SMARTS) is 1. The fourth-order valence-electron chi connectivity index (χ4n) is 2.72. The zero-order valence-corrected chi connectivity index (χ0v) is 18.8. The fraction of sp³-hybridized carbons (Fsp3) is 0.316. The lowest BCUT2D eigenvalue weighted by Crippen LogP contribution is -2.26. The van der Waals surface area contributed by atoms with Gasteiger partial charge in [-0.1, -0.05) is 23.9 Å². The number of halogens is 1. The number of rotatable bonds is 4. The molecule has 30 heavy (non-hydrogen) atoms. The molecular weight excluding hydrogens is 476 g/mol. The topological polar surface area (TPSA) is 122 Å². The van der Waals surface area contributed by atoms with E-state index in [-0.39, 0.29) is 11.6 Å². The van der Waals surface area contributed by atoms with E-state index in [9.17, 15) is 14.4 Å². The van der Waals surface area contributed by atoms with E-state index < -0.39 is 28.8 Å². The molecule has 1 aliphatic rings. The molecule has 1 atom stereocenters. The molecule has 1 aromatic carbocycles. The smallest absolute Gasteiger partial charge is 0.419 e. The third-order valence-corrected chi connectivity index (χ3v) is 5.56. The highest BCUT2D eigenvalue weighted by molar-refractivity contribution is 9.10. The predicted octanol–water partition coefficient (Wildman–Crippen LogP) is 3.58. The molecule has 2 heterocycles. The average molecular weight is 495 g/mol. The number of ether oxygens (including phenoxy) is 1. The van der Waals surface area contributed by atoms with Crippen LogP contribution in [0.1, 0.15) is 32.8 Å². The number of fused-ring (bicyclic) bond motifs is 1. The van der Waals surface area contributed by atoms with E-state index in [4.69, 9.17) is 9.84 Å². The number of nitrogens with zero attached hydrogens (tertiary/aromatic N) is 3. The summed E-state index contributed by atoms with van der Waals surface area (Å²) >= 11 is 4.49. The molecule has 1 saturated heterocycles. The average Bonchev–Trinajstić information content (AvgIpc) is 3.14. The molecule has 158 valence electrons. The first-order chi connectivity index (χ1) is 14.0. The van der Waals surface area contributed by atoms with E-state index in [1.807, 2.05) is 6.07 Å². The van der Waals surface area contributed by atoms with E-state index in [1.165, 1.54) is 10.8 Å². The molecule has 2 N–H and O–H groups in total. The Labute approximate surface area is 184 Å². The Hall–Kier alpha value is -2.66. The molecule has 1 amide bonds. The minimum Gasteiger partial charge on any atom is -0.481 e. The van der Waals surface area contributed by atoms with Gasteiger partial charge in [0, 0.05) is 21.6 Å². The second kappa shape index (κ2) is 8.60. The van der Waals surface area contributed by atoms with Gasteiger partial charge in [-0.15, -0.1) is 5.10 Å². The number of carbonyl (C=O) groups is 3. The maximum absolute atomic E-state index is 12.5. The lowest BCUT2D eigenvalue weighted by molar-refractivity contribution is -0.138. The summed E-state index contributed by atoms with van der Waals surface area (Å²) in [7, 11) is 0. The van der Waals surface area contributed by atoms with Crippen LogP contribution in [-0.4, -0.2) is 49.9 Å². The van der Waals surface area contributed by atoms with E-state index >= 15 is 0 Å². The zero-order chi connectivity index (χ0) is 22.1. The molecule has 1 fully saturated rings. The normalized spacial score (nSPS) is 18.3. The van der Waals surface area contributed by atoms with Gasteiger partial charge >= 0.3 is 12.1 Å². The summed E-state index contributed by atoms with van der Waals surface area (Å²) in [6.45, 7) is 5.39. The minimum absolute atomic E-state index is 0.236. The molecule has 1 aliphatic heterocycles. The Kier molecular flexibility index (Phi) is 6.32. The van der Waals surface area contributed by atoms with Gasteiger partial charge in [0.2, 0.25) is 5.91 Å². The van der Waals surface area contributed by atoms with Crippen molar-refractivity contribution in [3.05, 3.63) is 34.4 Å². The first-order valence-electron chi connectivity index (χ1n) is 8.88. The molecule has 3 rings (SSSR count). The SMILES string of the molecule is CC(C)(C)OC(=O)n1cc(Br)c2c(C=NN=C3NC(=O)C(CC(=O)O)S3)cccc21. The summed E-state index contributed by atoms with van der Waals surface area (Å²) in [5.74, 6) is -1.46. The summed E-state index contributed by atoms with van der Waals surface area (Å²) in [6, 6.07) is 5.37. The molecule has 1 unspecified atom stereocenters. The standard InChI is InChI=1S/C19H19BrN4O5S/c1-19(2,3)29-18(28)24-9-11(20)15-10(5-4-6-12(15)24)8-21-23-17-22-16(27)13(30-17)7-14(25)26/h4-6,8-9,13H,7H2,1-3H3,(H,25,26)(H,22,23,27). The van der Waals surface area contributed by atoms with E-state index in [0.29, 0.717) is 15.6 Å². The van der Waals surface area contributed by atoms with Crippen molar-refractivity contribution < 1.29 is 24.2 Å². The maximum Gasteiger partial charge on any atom is 0.419 e. The summed E-state index contributed by atoms with van der Waals surface area (Å²) in [5, 5.41) is 19.6. The van der Waals surface area contributed by atoms with Crippen LogP contribution in [0.4, 0.5) is 4.79 Å². The number of hydrogen-bond acceptors (Lipinski definition) is 7. The van der Waals surface area contributed by atoms with Crippen LogP contribution in [-0.2, 0) is 14.3 Å². The highest BCUT2D eigenvalue weighted by Crippen LogP contribution is 2.29. The van der Waals surface area contributed by atoms with E-state index in [1.54, 1.807) is 39.1 Å². The minimum atomic E-state index is -1.06. The van der Waals surface area contributed by atoms with Crippen molar-refractivity contribution in [3.8, 4) is 0 Å². The number of hydrogen-bond donors (Lipinski definition) is 2. The van der Waals surface area contributed by atoms with Gasteiger partial charge in [0.25, 0.3) is 0 Å². The van der Waals surface area contributed by atoms with Gasteiger partial charge in [-0.2, -0.15) is 5.10 Å². The molecule has 2 aromatic rings. The highest BCUT2D eigenvalue weighted by atomic mass is 79.9. The summed E-state index contributed by atoms with van der Waals surface area (Å²) < 4.78 is 7.54. The molecular formula is C19H19BrN4O5S. The molecule has 0 bridgehead atoms. The largest absolute Gasteiger partial charge is 0.481 e. The van der Waals surface area contributed by atoms with Gasteiger partial charge < -0.3 is 15.2 Å². The Morgan fingerprint density at radius 2 is 2.13 bits per heavy atom. The van der Waals surface area contributed by atoms with E-state index in [0.717, 1.165) is 17.1 Å². The first-order valence-corrected chi connectivity index (χ1v) is 10.6. The van der Waals surface area contributed by atoms with Gasteiger partial charge in [-0.3, -0.25) is 14.2 Å². The zero-order valence-electron chi connectivity index (χ0n) is 16.4. The number of thioether (sulfide) groups is 1. The number of aliphatic carboxylic acids is 1. The third-order valence-electron chi connectivity index (χ3n) is 3.89. The fourth-order valence-corrected chi connectivity index (χ4v) is 4.28. The van der Waals surface area contributed by atoms with Gasteiger partial charge in [-0.25, -0.2) is 4.79 Å². The molecule has 0 aliphatic carbocycles. The quantitative estimate of drug-likeness (QED) is 0.494. The van der Waals surface area contributed by atoms with Crippen LogP contribution in [0.2, 0.25) is 0 Å². The van der Waals surface area contributed by atoms with Crippen LogP contribution in [0.5, 0.6) is 0 Å². The highest BCUT2D eigenvalue weighted by Gasteiger charge is 2.32. The predicted molar refractivity (Wildman–Crippen MR) is 118 cm³/mol. The second-order valence-electron chi connectivity index (χ2n) is 7.41. The van der Waals surface area contributed by atoms with Gasteiger partial charge in [0.15, 0.2) is 5.17 Å². The molecule has 0 spiro atoms. The number of carboxylic acids is 1. The lowest BCUT2D eigenvalue weighted by atomic mass is 10.1. The summed E-state index contributed by atoms with van der Waals surface area (Å²) in [5.41, 5.74) is 0.706. The molecule has 11 heteroatoms. The van der Waals surface area contributed by atoms with Gasteiger partial charge in [-0.05, 0) is 42.8 Å². The van der Waals surface area contributed by atoms with Crippen LogP contribution < -0.4 is 5.32 Å². The van der Waals surface area contributed by atoms with Crippen molar-refractivity contribution in [3.63, 3.8) is 0 Å². The monoisotopic (exact) mass is 494 g/mol. The summed E-state index contributed by atoms with van der Waals surface area (Å²) in [4.78, 5) is 35.0. The Morgan fingerprint density at radius 1 is 1.40 bits per heavy atom. The summed E-state index contributed by atoms with van der Waals surface area (Å²) in [6.07, 6.45) is 2.34. The Morgan fingerprint density at radius 3 is 2.80 bits per heavy atom. The number of aromatic nitrogens is 1. The molecule has 9 nitrogen and oxygen atoms in total. The van der Waals surface area contributed by atoms with Crippen molar-refractivity contribution in [1.29, 1.82) is 0 Å². The Bertz CT molecular complexity index is 1090. The van der Waals surface area contributed by atoms with Crippen LogP contribution in [0.3, 0.4) is 0 Å². The maximum atomic E-state index is 12.5. The van der Waals surface area contributed by atoms with E-state index in [2.05, 4.69) is 31.4 Å². The van der Waals surface area contributed by atoms with Crippen LogP contribution in [0.15, 0.2) is 39.1 Å². The van der Waals surface area contributed by atoms with Gasteiger partial charge in [0.1, 0.15) is 10.9 Å². The lowest BCUT2D eigenvalue weighted by Gasteiger charge is -2.19. The number of benzene rings is 1. The molecule has 0 radical (unpaired) electrons. The molecule has 0 saturated carbocycles. The third kappa shape index (κ3) is 5.08. The second-order valence-corrected chi connectivity index (χ2v) is 9.46. The van der Waals surface area contributed by atoms with Crippen molar-refractivity contribution in [2.24, 2.45) is 10.2 Å². The van der Waals surface area contributed by atoms with Gasteiger partial charge in [0.05, 0.1) is 18.2 Å². The number of amidine groups is 1. The van der Waals surface area contributed by atoms with Crippen molar-refractivity contribution in [1.82, 2.24) is 9.88 Å². The molecule has 1 aromatic heterocycles. The van der Waals surface area contributed by atoms with Crippen LogP contribution >= 0.6 is 27.7 Å². The van der Waals surface area contributed by atoms with Crippen molar-refractivity contribution >= 4 is 67.9 Å².